The molecular formula is C16H19F2N3O3. The van der Waals surface area contributed by atoms with Crippen molar-refractivity contribution in [2.45, 2.75) is 33.5 Å². The molecule has 0 unspecified atom stereocenters. The summed E-state index contributed by atoms with van der Waals surface area (Å²) in [5.41, 5.74) is 1.02. The van der Waals surface area contributed by atoms with Gasteiger partial charge in [0.05, 0.1) is 18.8 Å². The Morgan fingerprint density at radius 1 is 1.29 bits per heavy atom. The Morgan fingerprint density at radius 2 is 2.08 bits per heavy atom. The van der Waals surface area contributed by atoms with E-state index in [-0.39, 0.29) is 36.1 Å². The van der Waals surface area contributed by atoms with Crippen LogP contribution in [0.1, 0.15) is 29.9 Å². The molecule has 130 valence electrons. The van der Waals surface area contributed by atoms with Crippen molar-refractivity contribution in [1.29, 1.82) is 0 Å². The number of aromatic nitrogens is 2. The van der Waals surface area contributed by atoms with Crippen LogP contribution < -0.4 is 14.8 Å². The van der Waals surface area contributed by atoms with Crippen molar-refractivity contribution in [3.05, 3.63) is 41.7 Å². The van der Waals surface area contributed by atoms with Gasteiger partial charge in [-0.05, 0) is 38.1 Å². The van der Waals surface area contributed by atoms with Crippen LogP contribution in [0.25, 0.3) is 0 Å². The number of rotatable bonds is 8. The number of hydrogen-bond donors (Lipinski definition) is 1. The maximum Gasteiger partial charge on any atom is 0.387 e. The molecule has 0 radical (unpaired) electrons. The summed E-state index contributed by atoms with van der Waals surface area (Å²) in [6, 6.07) is 5.88. The fraction of sp³-hybridized carbons (Fsp3) is 0.375. The molecule has 0 atom stereocenters. The highest BCUT2D eigenvalue weighted by Gasteiger charge is 2.14. The number of aryl methyl sites for hydroxylation is 1. The van der Waals surface area contributed by atoms with Gasteiger partial charge in [0.1, 0.15) is 0 Å². The van der Waals surface area contributed by atoms with Crippen LogP contribution in [-0.4, -0.2) is 28.9 Å². The molecular weight excluding hydrogens is 320 g/mol. The molecule has 0 fully saturated rings. The molecule has 1 heterocycles. The maximum atomic E-state index is 12.4. The molecule has 0 aliphatic rings. The van der Waals surface area contributed by atoms with Crippen molar-refractivity contribution in [3.8, 4) is 11.5 Å². The largest absolute Gasteiger partial charge is 0.490 e. The Balaban J connectivity index is 2.06. The number of nitrogens with one attached hydrogen (secondary N) is 1. The number of benzene rings is 1. The van der Waals surface area contributed by atoms with Crippen LogP contribution in [0.4, 0.5) is 8.78 Å². The Bertz CT molecular complexity index is 689. The van der Waals surface area contributed by atoms with Gasteiger partial charge in [-0.25, -0.2) is 0 Å². The topological polar surface area (TPSA) is 65.4 Å². The molecule has 0 saturated carbocycles. The lowest BCUT2D eigenvalue weighted by Gasteiger charge is -2.12. The third kappa shape index (κ3) is 4.68. The highest BCUT2D eigenvalue weighted by Crippen LogP contribution is 2.29. The normalized spacial score (nSPS) is 10.7. The molecule has 0 spiro atoms. The molecule has 2 rings (SSSR count). The van der Waals surface area contributed by atoms with Gasteiger partial charge in [-0.15, -0.1) is 0 Å². The summed E-state index contributed by atoms with van der Waals surface area (Å²) in [6.45, 7) is 2.00. The predicted octanol–water partition coefficient (Wildman–Crippen LogP) is 2.83. The molecule has 1 N–H and O–H groups in total. The van der Waals surface area contributed by atoms with Crippen molar-refractivity contribution < 1.29 is 23.0 Å². The van der Waals surface area contributed by atoms with Crippen LogP contribution in [0, 0.1) is 0 Å². The second kappa shape index (κ2) is 8.28. The predicted molar refractivity (Wildman–Crippen MR) is 83.3 cm³/mol. The second-order valence-corrected chi connectivity index (χ2v) is 4.82. The van der Waals surface area contributed by atoms with Crippen molar-refractivity contribution in [2.75, 3.05) is 6.61 Å². The molecule has 8 heteroatoms. The quantitative estimate of drug-likeness (QED) is 0.803. The summed E-state index contributed by atoms with van der Waals surface area (Å²) >= 11 is 0. The molecule has 1 aromatic carbocycles. The van der Waals surface area contributed by atoms with Gasteiger partial charge in [0.25, 0.3) is 5.91 Å². The standard InChI is InChI=1S/C16H19F2N3O3/c1-3-21-8-7-12(20-21)10-19-15(22)11-5-6-13(24-16(17)18)14(9-11)23-4-2/h5-9,16H,3-4,10H2,1-2H3,(H,19,22). The number of ether oxygens (including phenoxy) is 2. The van der Waals surface area contributed by atoms with Crippen LogP contribution in [0.15, 0.2) is 30.5 Å². The number of carbonyl (C=O) groups excluding carboxylic acids is 1. The average Bonchev–Trinajstić information content (AvgIpc) is 3.02. The Labute approximate surface area is 138 Å². The summed E-state index contributed by atoms with van der Waals surface area (Å²) in [7, 11) is 0. The van der Waals surface area contributed by atoms with Crippen LogP contribution in [-0.2, 0) is 13.1 Å². The van der Waals surface area contributed by atoms with Crippen LogP contribution in [0.5, 0.6) is 11.5 Å². The maximum absolute atomic E-state index is 12.4. The van der Waals surface area contributed by atoms with E-state index in [2.05, 4.69) is 15.2 Å². The van der Waals surface area contributed by atoms with Gasteiger partial charge < -0.3 is 14.8 Å². The molecule has 0 saturated heterocycles. The van der Waals surface area contributed by atoms with Crippen LogP contribution in [0.3, 0.4) is 0 Å². The first-order chi connectivity index (χ1) is 11.5. The molecule has 0 aliphatic carbocycles. The number of halogens is 2. The van der Waals surface area contributed by atoms with Gasteiger partial charge in [0.2, 0.25) is 0 Å². The van der Waals surface area contributed by atoms with Gasteiger partial charge in [0.15, 0.2) is 11.5 Å². The Kier molecular flexibility index (Phi) is 6.11. The molecule has 6 nitrogen and oxygen atoms in total. The first kappa shape index (κ1) is 17.7. The van der Waals surface area contributed by atoms with Crippen LogP contribution >= 0.6 is 0 Å². The zero-order valence-electron chi connectivity index (χ0n) is 13.5. The molecule has 1 amide bonds. The van der Waals surface area contributed by atoms with E-state index < -0.39 is 6.61 Å². The zero-order valence-corrected chi connectivity index (χ0v) is 13.5. The minimum absolute atomic E-state index is 0.0979. The van der Waals surface area contributed by atoms with Gasteiger partial charge in [-0.1, -0.05) is 0 Å². The Morgan fingerprint density at radius 3 is 2.71 bits per heavy atom. The lowest BCUT2D eigenvalue weighted by atomic mass is 10.2. The number of carbonyl (C=O) groups is 1. The van der Waals surface area contributed by atoms with Crippen molar-refractivity contribution in [1.82, 2.24) is 15.1 Å². The number of alkyl halides is 2. The van der Waals surface area contributed by atoms with E-state index in [4.69, 9.17) is 4.74 Å². The van der Waals surface area contributed by atoms with E-state index in [1.165, 1.54) is 18.2 Å². The van der Waals surface area contributed by atoms with E-state index >= 15 is 0 Å². The lowest BCUT2D eigenvalue weighted by molar-refractivity contribution is -0.0514. The minimum Gasteiger partial charge on any atom is -0.490 e. The summed E-state index contributed by atoms with van der Waals surface area (Å²) in [6.07, 6.45) is 1.82. The van der Waals surface area contributed by atoms with E-state index in [0.717, 1.165) is 12.2 Å². The minimum atomic E-state index is -2.96. The van der Waals surface area contributed by atoms with Gasteiger partial charge in [-0.3, -0.25) is 9.48 Å². The number of nitrogens with zero attached hydrogens (tertiary/aromatic N) is 2. The molecule has 0 aliphatic heterocycles. The monoisotopic (exact) mass is 339 g/mol. The fourth-order valence-corrected chi connectivity index (χ4v) is 2.06. The zero-order chi connectivity index (χ0) is 17.5. The smallest absolute Gasteiger partial charge is 0.387 e. The fourth-order valence-electron chi connectivity index (χ4n) is 2.06. The third-order valence-corrected chi connectivity index (χ3v) is 3.17. The SMILES string of the molecule is CCOc1cc(C(=O)NCc2ccn(CC)n2)ccc1OC(F)F. The highest BCUT2D eigenvalue weighted by atomic mass is 19.3. The van der Waals surface area contributed by atoms with Crippen molar-refractivity contribution >= 4 is 5.91 Å². The van der Waals surface area contributed by atoms with Gasteiger partial charge in [0, 0.05) is 18.3 Å². The van der Waals surface area contributed by atoms with E-state index in [1.54, 1.807) is 11.6 Å². The van der Waals surface area contributed by atoms with E-state index in [9.17, 15) is 13.6 Å². The van der Waals surface area contributed by atoms with Gasteiger partial charge in [-0.2, -0.15) is 13.9 Å². The van der Waals surface area contributed by atoms with Crippen LogP contribution in [0.2, 0.25) is 0 Å². The Hall–Kier alpha value is -2.64. The summed E-state index contributed by atoms with van der Waals surface area (Å²) in [4.78, 5) is 12.2. The molecule has 2 aromatic rings. The van der Waals surface area contributed by atoms with E-state index in [1.807, 2.05) is 19.2 Å². The lowest BCUT2D eigenvalue weighted by Crippen LogP contribution is -2.23. The first-order valence-corrected chi connectivity index (χ1v) is 7.55. The molecule has 24 heavy (non-hydrogen) atoms. The first-order valence-electron chi connectivity index (χ1n) is 7.55. The highest BCUT2D eigenvalue weighted by molar-refractivity contribution is 5.94. The summed E-state index contributed by atoms with van der Waals surface area (Å²) in [5, 5.41) is 6.98. The van der Waals surface area contributed by atoms with Crippen molar-refractivity contribution in [3.63, 3.8) is 0 Å². The molecule has 1 aromatic heterocycles. The average molecular weight is 339 g/mol. The second-order valence-electron chi connectivity index (χ2n) is 4.82. The number of amides is 1. The third-order valence-electron chi connectivity index (χ3n) is 3.17. The number of hydrogen-bond acceptors (Lipinski definition) is 4. The summed E-state index contributed by atoms with van der Waals surface area (Å²) < 4.78 is 36.1. The van der Waals surface area contributed by atoms with Crippen molar-refractivity contribution in [2.24, 2.45) is 0 Å². The van der Waals surface area contributed by atoms with E-state index in [0.29, 0.717) is 0 Å². The van der Waals surface area contributed by atoms with Gasteiger partial charge >= 0.3 is 6.61 Å². The molecule has 0 bridgehead atoms. The summed E-state index contributed by atoms with van der Waals surface area (Å²) in [5.74, 6) is -0.364.